The van der Waals surface area contributed by atoms with Crippen molar-refractivity contribution in [1.82, 2.24) is 0 Å². The van der Waals surface area contributed by atoms with Gasteiger partial charge in [0.05, 0.1) is 11.0 Å². The van der Waals surface area contributed by atoms with E-state index in [0.29, 0.717) is 31.4 Å². The van der Waals surface area contributed by atoms with Gasteiger partial charge in [0.25, 0.3) is 5.69 Å². The van der Waals surface area contributed by atoms with Gasteiger partial charge in [0.15, 0.2) is 0 Å². The first-order valence-electron chi connectivity index (χ1n) is 11.6. The summed E-state index contributed by atoms with van der Waals surface area (Å²) in [5.74, 6) is -0.257. The molecule has 0 radical (unpaired) electrons. The highest BCUT2D eigenvalue weighted by molar-refractivity contribution is 5.95. The van der Waals surface area contributed by atoms with Gasteiger partial charge in [-0.1, -0.05) is 29.8 Å². The molecule has 4 rings (SSSR count). The molecule has 0 aliphatic heterocycles. The normalized spacial score (nSPS) is 18.1. The first-order chi connectivity index (χ1) is 17.1. The maximum absolute atomic E-state index is 13.2. The fraction of sp³-hybridized carbons (Fsp3) is 0.346. The zero-order valence-corrected chi connectivity index (χ0v) is 19.6. The molecule has 1 fully saturated rings. The molecule has 190 valence electrons. The maximum atomic E-state index is 13.2. The molecule has 0 bridgehead atoms. The average molecular weight is 502 g/mol. The van der Waals surface area contributed by atoms with Gasteiger partial charge in [-0.15, -0.1) is 0 Å². The fourth-order valence-corrected chi connectivity index (χ4v) is 4.46. The standard InChI is InChI=1S/C26H26F3N3O4/c1-16-2-3-18-13-20(5-4-17(18)12-16)31-25(33)15-36-22-9-6-19(7-10-22)30-21-8-11-24(32(34)35)23(14-21)26(27,28)29/h2-5,8,11-14,19,22,30H,6-7,9-10,15H2,1H3,(H,31,33)/t19-,22-. The minimum Gasteiger partial charge on any atom is -0.382 e. The van der Waals surface area contributed by atoms with Crippen molar-refractivity contribution in [2.75, 3.05) is 17.2 Å². The topological polar surface area (TPSA) is 93.5 Å². The number of halogens is 3. The number of benzene rings is 3. The lowest BCUT2D eigenvalue weighted by Crippen LogP contribution is -2.31. The quantitative estimate of drug-likeness (QED) is 0.287. The summed E-state index contributed by atoms with van der Waals surface area (Å²) >= 11 is 0. The van der Waals surface area contributed by atoms with E-state index in [2.05, 4.69) is 16.7 Å². The van der Waals surface area contributed by atoms with Crippen molar-refractivity contribution in [1.29, 1.82) is 0 Å². The second-order valence-corrected chi connectivity index (χ2v) is 9.03. The number of carbonyl (C=O) groups is 1. The number of nitro benzene ring substituents is 1. The largest absolute Gasteiger partial charge is 0.423 e. The van der Waals surface area contributed by atoms with Crippen LogP contribution in [0.3, 0.4) is 0 Å². The van der Waals surface area contributed by atoms with E-state index in [-0.39, 0.29) is 30.3 Å². The third-order valence-corrected chi connectivity index (χ3v) is 6.27. The lowest BCUT2D eigenvalue weighted by molar-refractivity contribution is -0.388. The van der Waals surface area contributed by atoms with Crippen molar-refractivity contribution in [3.8, 4) is 0 Å². The molecule has 36 heavy (non-hydrogen) atoms. The van der Waals surface area contributed by atoms with Gasteiger partial charge in [-0.05, 0) is 67.6 Å². The van der Waals surface area contributed by atoms with Gasteiger partial charge in [0.2, 0.25) is 5.91 Å². The molecule has 7 nitrogen and oxygen atoms in total. The number of hydrogen-bond acceptors (Lipinski definition) is 5. The van der Waals surface area contributed by atoms with Crippen LogP contribution in [0.5, 0.6) is 0 Å². The van der Waals surface area contributed by atoms with Crippen molar-refractivity contribution in [3.05, 3.63) is 75.8 Å². The molecule has 3 aromatic carbocycles. The molecule has 0 saturated heterocycles. The van der Waals surface area contributed by atoms with Gasteiger partial charge < -0.3 is 15.4 Å². The number of carbonyl (C=O) groups excluding carboxylic acids is 1. The zero-order valence-electron chi connectivity index (χ0n) is 19.6. The summed E-state index contributed by atoms with van der Waals surface area (Å²) in [6.45, 7) is 1.93. The lowest BCUT2D eigenvalue weighted by atomic mass is 9.92. The van der Waals surface area contributed by atoms with Crippen molar-refractivity contribution < 1.29 is 27.6 Å². The monoisotopic (exact) mass is 501 g/mol. The molecule has 2 N–H and O–H groups in total. The van der Waals surface area contributed by atoms with Crippen molar-refractivity contribution >= 4 is 33.7 Å². The zero-order chi connectivity index (χ0) is 25.9. The molecule has 1 aliphatic carbocycles. The number of fused-ring (bicyclic) bond motifs is 1. The van der Waals surface area contributed by atoms with Gasteiger partial charge in [-0.2, -0.15) is 13.2 Å². The van der Waals surface area contributed by atoms with Crippen molar-refractivity contribution in [2.24, 2.45) is 0 Å². The molecule has 1 amide bonds. The number of aryl methyl sites for hydroxylation is 1. The van der Waals surface area contributed by atoms with E-state index < -0.39 is 22.4 Å². The Kier molecular flexibility index (Phi) is 7.44. The molecule has 3 aromatic rings. The molecule has 1 saturated carbocycles. The Bertz CT molecular complexity index is 1270. The summed E-state index contributed by atoms with van der Waals surface area (Å²) in [7, 11) is 0. The SMILES string of the molecule is Cc1ccc2cc(NC(=O)CO[C@H]3CC[C@H](Nc4ccc([N+](=O)[O-])c(C(F)(F)F)c4)CC3)ccc2c1. The first-order valence-corrected chi connectivity index (χ1v) is 11.6. The number of nitrogens with one attached hydrogen (secondary N) is 2. The Morgan fingerprint density at radius 3 is 2.36 bits per heavy atom. The van der Waals surface area contributed by atoms with E-state index in [0.717, 1.165) is 28.5 Å². The van der Waals surface area contributed by atoms with Crippen LogP contribution >= 0.6 is 0 Å². The summed E-state index contributed by atoms with van der Waals surface area (Å²) in [6.07, 6.45) is -2.41. The first kappa shape index (κ1) is 25.4. The van der Waals surface area contributed by atoms with Gasteiger partial charge in [0, 0.05) is 23.5 Å². The van der Waals surface area contributed by atoms with E-state index >= 15 is 0 Å². The van der Waals surface area contributed by atoms with Crippen molar-refractivity contribution in [3.63, 3.8) is 0 Å². The highest BCUT2D eigenvalue weighted by atomic mass is 19.4. The van der Waals surface area contributed by atoms with Gasteiger partial charge in [-0.25, -0.2) is 0 Å². The smallest absolute Gasteiger partial charge is 0.382 e. The van der Waals surface area contributed by atoms with Crippen molar-refractivity contribution in [2.45, 2.75) is 50.9 Å². The van der Waals surface area contributed by atoms with Gasteiger partial charge >= 0.3 is 6.18 Å². The number of rotatable bonds is 7. The Hall–Kier alpha value is -3.66. The number of anilines is 2. The summed E-state index contributed by atoms with van der Waals surface area (Å²) in [4.78, 5) is 22.2. The van der Waals surface area contributed by atoms with Crippen LogP contribution in [0.1, 0.15) is 36.8 Å². The minimum absolute atomic E-state index is 0.0913. The van der Waals surface area contributed by atoms with E-state index in [1.54, 1.807) is 0 Å². The van der Waals surface area contributed by atoms with E-state index in [1.165, 1.54) is 6.07 Å². The van der Waals surface area contributed by atoms with Crippen LogP contribution in [0.2, 0.25) is 0 Å². The predicted octanol–water partition coefficient (Wildman–Crippen LogP) is 6.45. The Morgan fingerprint density at radius 2 is 1.67 bits per heavy atom. The highest BCUT2D eigenvalue weighted by Gasteiger charge is 2.38. The number of hydrogen-bond donors (Lipinski definition) is 2. The average Bonchev–Trinajstić information content (AvgIpc) is 2.83. The molecular formula is C26H26F3N3O4. The summed E-state index contributed by atoms with van der Waals surface area (Å²) in [5, 5.41) is 18.9. The fourth-order valence-electron chi connectivity index (χ4n) is 4.46. The van der Waals surface area contributed by atoms with E-state index in [9.17, 15) is 28.1 Å². The Morgan fingerprint density at radius 1 is 1.00 bits per heavy atom. The second-order valence-electron chi connectivity index (χ2n) is 9.03. The van der Waals surface area contributed by atoms with Crippen LogP contribution in [0, 0.1) is 17.0 Å². The van der Waals surface area contributed by atoms with Crippen LogP contribution in [0.15, 0.2) is 54.6 Å². The van der Waals surface area contributed by atoms with Gasteiger partial charge in [-0.3, -0.25) is 14.9 Å². The number of ether oxygens (including phenoxy) is 1. The predicted molar refractivity (Wildman–Crippen MR) is 131 cm³/mol. The number of nitro groups is 1. The van der Waals surface area contributed by atoms with Crippen LogP contribution in [0.25, 0.3) is 10.8 Å². The number of alkyl halides is 3. The van der Waals surface area contributed by atoms with E-state index in [1.807, 2.05) is 37.3 Å². The molecule has 0 spiro atoms. The van der Waals surface area contributed by atoms with E-state index in [4.69, 9.17) is 4.74 Å². The lowest BCUT2D eigenvalue weighted by Gasteiger charge is -2.29. The van der Waals surface area contributed by atoms with Gasteiger partial charge in [0.1, 0.15) is 12.2 Å². The molecule has 0 atom stereocenters. The van der Waals surface area contributed by atoms with Crippen LogP contribution in [-0.2, 0) is 15.7 Å². The molecular weight excluding hydrogens is 475 g/mol. The maximum Gasteiger partial charge on any atom is 0.423 e. The number of amides is 1. The minimum atomic E-state index is -4.82. The Balaban J connectivity index is 1.25. The third kappa shape index (κ3) is 6.31. The summed E-state index contributed by atoms with van der Waals surface area (Å²) in [5.41, 5.74) is -0.211. The molecule has 0 heterocycles. The van der Waals surface area contributed by atoms with Crippen LogP contribution in [-0.4, -0.2) is 29.6 Å². The van der Waals surface area contributed by atoms with Crippen LogP contribution in [0.4, 0.5) is 30.2 Å². The highest BCUT2D eigenvalue weighted by Crippen LogP contribution is 2.38. The molecule has 10 heteroatoms. The Labute approximate surface area is 205 Å². The third-order valence-electron chi connectivity index (χ3n) is 6.27. The molecule has 0 unspecified atom stereocenters. The second kappa shape index (κ2) is 10.5. The summed E-state index contributed by atoms with van der Waals surface area (Å²) in [6, 6.07) is 14.6. The van der Waals surface area contributed by atoms with Crippen LogP contribution < -0.4 is 10.6 Å². The summed E-state index contributed by atoms with van der Waals surface area (Å²) < 4.78 is 45.4. The molecule has 0 aromatic heterocycles. The molecule has 1 aliphatic rings. The number of nitrogens with zero attached hydrogens (tertiary/aromatic N) is 1.